The zero-order valence-electron chi connectivity index (χ0n) is 9.30. The third kappa shape index (κ3) is 3.21. The second-order valence-corrected chi connectivity index (χ2v) is 4.92. The fourth-order valence-electron chi connectivity index (χ4n) is 1.37. The van der Waals surface area contributed by atoms with Crippen LogP contribution in [0.15, 0.2) is 29.8 Å². The van der Waals surface area contributed by atoms with Crippen molar-refractivity contribution in [3.8, 4) is 5.88 Å². The molecule has 0 spiro atoms. The van der Waals surface area contributed by atoms with Crippen molar-refractivity contribution >= 4 is 28.9 Å². The number of carboxylic acid groups (broad SMARTS) is 1. The maximum atomic E-state index is 10.9. The van der Waals surface area contributed by atoms with Gasteiger partial charge in [-0.05, 0) is 11.4 Å². The van der Waals surface area contributed by atoms with E-state index in [-0.39, 0.29) is 16.5 Å². The lowest BCUT2D eigenvalue weighted by atomic mass is 10.3. The number of halogens is 1. The Bertz CT molecular complexity index is 542. The lowest BCUT2D eigenvalue weighted by Gasteiger charge is -2.05. The van der Waals surface area contributed by atoms with E-state index in [2.05, 4.69) is 4.98 Å². The van der Waals surface area contributed by atoms with Crippen molar-refractivity contribution in [2.24, 2.45) is 0 Å². The van der Waals surface area contributed by atoms with E-state index in [1.54, 1.807) is 11.3 Å². The molecular formula is C12H10ClNO3S. The summed E-state index contributed by atoms with van der Waals surface area (Å²) in [6.45, 7) is 0.453. The van der Waals surface area contributed by atoms with Crippen molar-refractivity contribution in [2.75, 3.05) is 6.61 Å². The second-order valence-electron chi connectivity index (χ2n) is 3.49. The minimum atomic E-state index is -1.09. The Kier molecular flexibility index (Phi) is 4.17. The van der Waals surface area contributed by atoms with Gasteiger partial charge >= 0.3 is 5.97 Å². The maximum absolute atomic E-state index is 10.9. The summed E-state index contributed by atoms with van der Waals surface area (Å²) < 4.78 is 5.40. The van der Waals surface area contributed by atoms with E-state index in [4.69, 9.17) is 21.4 Å². The Balaban J connectivity index is 1.97. The number of aromatic nitrogens is 1. The van der Waals surface area contributed by atoms with E-state index in [0.717, 1.165) is 6.42 Å². The normalized spacial score (nSPS) is 10.3. The fraction of sp³-hybridized carbons (Fsp3) is 0.167. The topological polar surface area (TPSA) is 59.4 Å². The standard InChI is InChI=1S/C12H10ClNO3S/c13-10-7-14-11(6-9(10)12(15)16)17-4-3-8-2-1-5-18-8/h1-2,5-7H,3-4H2,(H,15,16). The number of ether oxygens (including phenoxy) is 1. The zero-order valence-corrected chi connectivity index (χ0v) is 10.9. The highest BCUT2D eigenvalue weighted by atomic mass is 35.5. The lowest BCUT2D eigenvalue weighted by Crippen LogP contribution is -2.04. The first kappa shape index (κ1) is 12.9. The highest BCUT2D eigenvalue weighted by molar-refractivity contribution is 7.09. The van der Waals surface area contributed by atoms with Gasteiger partial charge in [-0.15, -0.1) is 11.3 Å². The second kappa shape index (κ2) is 5.84. The number of hydrogen-bond acceptors (Lipinski definition) is 4. The highest BCUT2D eigenvalue weighted by Crippen LogP contribution is 2.19. The molecule has 0 saturated heterocycles. The van der Waals surface area contributed by atoms with Crippen LogP contribution in [0.25, 0.3) is 0 Å². The zero-order chi connectivity index (χ0) is 13.0. The van der Waals surface area contributed by atoms with Crippen LogP contribution in [-0.4, -0.2) is 22.7 Å². The third-order valence-electron chi connectivity index (χ3n) is 2.24. The Hall–Kier alpha value is -1.59. The van der Waals surface area contributed by atoms with Gasteiger partial charge < -0.3 is 9.84 Å². The molecule has 0 aliphatic rings. The van der Waals surface area contributed by atoms with Crippen LogP contribution in [0.4, 0.5) is 0 Å². The van der Waals surface area contributed by atoms with Crippen molar-refractivity contribution in [2.45, 2.75) is 6.42 Å². The Morgan fingerprint density at radius 3 is 3.06 bits per heavy atom. The van der Waals surface area contributed by atoms with Crippen molar-refractivity contribution in [1.82, 2.24) is 4.98 Å². The van der Waals surface area contributed by atoms with Crippen molar-refractivity contribution in [3.63, 3.8) is 0 Å². The van der Waals surface area contributed by atoms with Crippen LogP contribution in [-0.2, 0) is 6.42 Å². The molecule has 0 aromatic carbocycles. The van der Waals surface area contributed by atoms with Gasteiger partial charge in [0.2, 0.25) is 5.88 Å². The first-order chi connectivity index (χ1) is 8.66. The highest BCUT2D eigenvalue weighted by Gasteiger charge is 2.11. The predicted octanol–water partition coefficient (Wildman–Crippen LogP) is 3.12. The Morgan fingerprint density at radius 1 is 1.56 bits per heavy atom. The van der Waals surface area contributed by atoms with Gasteiger partial charge in [0.1, 0.15) is 0 Å². The van der Waals surface area contributed by atoms with Crippen molar-refractivity contribution in [3.05, 3.63) is 45.2 Å². The number of rotatable bonds is 5. The average molecular weight is 284 g/mol. The molecule has 0 amide bonds. The van der Waals surface area contributed by atoms with Crippen LogP contribution >= 0.6 is 22.9 Å². The van der Waals surface area contributed by atoms with Crippen LogP contribution < -0.4 is 4.74 Å². The molecule has 2 aromatic heterocycles. The number of thiophene rings is 1. The van der Waals surface area contributed by atoms with E-state index >= 15 is 0 Å². The lowest BCUT2D eigenvalue weighted by molar-refractivity contribution is 0.0696. The average Bonchev–Trinajstić information content (AvgIpc) is 2.84. The number of nitrogens with zero attached hydrogens (tertiary/aromatic N) is 1. The van der Waals surface area contributed by atoms with E-state index in [1.165, 1.54) is 17.1 Å². The summed E-state index contributed by atoms with van der Waals surface area (Å²) in [5.41, 5.74) is -0.00205. The summed E-state index contributed by atoms with van der Waals surface area (Å²) in [6.07, 6.45) is 2.05. The third-order valence-corrected chi connectivity index (χ3v) is 3.48. The van der Waals surface area contributed by atoms with Crippen LogP contribution in [0.1, 0.15) is 15.2 Å². The van der Waals surface area contributed by atoms with E-state index in [0.29, 0.717) is 6.61 Å². The van der Waals surface area contributed by atoms with Crippen LogP contribution in [0.3, 0.4) is 0 Å². The largest absolute Gasteiger partial charge is 0.478 e. The molecule has 0 fully saturated rings. The van der Waals surface area contributed by atoms with E-state index in [9.17, 15) is 4.79 Å². The number of hydrogen-bond donors (Lipinski definition) is 1. The molecule has 6 heteroatoms. The van der Waals surface area contributed by atoms with Gasteiger partial charge in [-0.2, -0.15) is 0 Å². The molecule has 0 saturated carbocycles. The molecule has 18 heavy (non-hydrogen) atoms. The molecule has 1 N–H and O–H groups in total. The quantitative estimate of drug-likeness (QED) is 0.916. The molecule has 2 heterocycles. The molecule has 0 atom stereocenters. The van der Waals surface area contributed by atoms with Gasteiger partial charge in [0.15, 0.2) is 0 Å². The molecule has 0 aliphatic carbocycles. The summed E-state index contributed by atoms with van der Waals surface area (Å²) in [4.78, 5) is 16.0. The first-order valence-electron chi connectivity index (χ1n) is 5.21. The smallest absolute Gasteiger partial charge is 0.337 e. The molecule has 0 bridgehead atoms. The van der Waals surface area contributed by atoms with E-state index in [1.807, 2.05) is 17.5 Å². The molecule has 2 aromatic rings. The van der Waals surface area contributed by atoms with Crippen LogP contribution in [0, 0.1) is 0 Å². The molecular weight excluding hydrogens is 274 g/mol. The molecule has 0 unspecified atom stereocenters. The first-order valence-corrected chi connectivity index (χ1v) is 6.46. The van der Waals surface area contributed by atoms with Crippen LogP contribution in [0.5, 0.6) is 5.88 Å². The van der Waals surface area contributed by atoms with Gasteiger partial charge in [-0.25, -0.2) is 9.78 Å². The van der Waals surface area contributed by atoms with Crippen molar-refractivity contribution < 1.29 is 14.6 Å². The number of carboxylic acids is 1. The maximum Gasteiger partial charge on any atom is 0.337 e. The molecule has 2 rings (SSSR count). The van der Waals surface area contributed by atoms with Gasteiger partial charge in [0.25, 0.3) is 0 Å². The van der Waals surface area contributed by atoms with E-state index < -0.39 is 5.97 Å². The van der Waals surface area contributed by atoms with Gasteiger partial charge in [0, 0.05) is 17.4 Å². The number of aromatic carboxylic acids is 1. The molecule has 0 radical (unpaired) electrons. The Labute approximate surface area is 113 Å². The summed E-state index contributed by atoms with van der Waals surface area (Å²) >= 11 is 7.36. The molecule has 94 valence electrons. The number of pyridine rings is 1. The molecule has 4 nitrogen and oxygen atoms in total. The Morgan fingerprint density at radius 2 is 2.39 bits per heavy atom. The predicted molar refractivity (Wildman–Crippen MR) is 69.7 cm³/mol. The summed E-state index contributed by atoms with van der Waals surface area (Å²) in [7, 11) is 0. The minimum absolute atomic E-state index is 0.00205. The SMILES string of the molecule is O=C(O)c1cc(OCCc2cccs2)ncc1Cl. The molecule has 0 aliphatic heterocycles. The minimum Gasteiger partial charge on any atom is -0.478 e. The van der Waals surface area contributed by atoms with Crippen LogP contribution in [0.2, 0.25) is 5.02 Å². The van der Waals surface area contributed by atoms with Gasteiger partial charge in [-0.3, -0.25) is 0 Å². The fourth-order valence-corrected chi connectivity index (χ4v) is 2.25. The number of carbonyl (C=O) groups is 1. The summed E-state index contributed by atoms with van der Waals surface area (Å²) in [5.74, 6) is -0.820. The van der Waals surface area contributed by atoms with Gasteiger partial charge in [-0.1, -0.05) is 17.7 Å². The summed E-state index contributed by atoms with van der Waals surface area (Å²) in [5, 5.41) is 11.0. The monoisotopic (exact) mass is 283 g/mol. The van der Waals surface area contributed by atoms with Crippen molar-refractivity contribution in [1.29, 1.82) is 0 Å². The van der Waals surface area contributed by atoms with Gasteiger partial charge in [0.05, 0.1) is 23.4 Å². The summed E-state index contributed by atoms with van der Waals surface area (Å²) in [6, 6.07) is 5.33.